The first-order valence-electron chi connectivity index (χ1n) is 7.03. The molecule has 1 aliphatic rings. The van der Waals surface area contributed by atoms with Gasteiger partial charge in [-0.15, -0.1) is 0 Å². The van der Waals surface area contributed by atoms with Crippen LogP contribution in [0.15, 0.2) is 24.3 Å². The van der Waals surface area contributed by atoms with Crippen LogP contribution in [0.4, 0.5) is 0 Å². The average Bonchev–Trinajstić information content (AvgIpc) is 2.87. The number of likely N-dealkylation sites (tertiary alicyclic amines) is 1. The summed E-state index contributed by atoms with van der Waals surface area (Å²) in [6.07, 6.45) is 1.87. The van der Waals surface area contributed by atoms with Crippen LogP contribution in [0.2, 0.25) is 0 Å². The Bertz CT molecular complexity index is 515. The molecule has 6 heteroatoms. The molecular weight excluding hydrogens is 272 g/mol. The van der Waals surface area contributed by atoms with Crippen molar-refractivity contribution in [1.82, 2.24) is 4.90 Å². The number of aromatic hydroxyl groups is 1. The summed E-state index contributed by atoms with van der Waals surface area (Å²) in [7, 11) is 0. The van der Waals surface area contributed by atoms with E-state index in [2.05, 4.69) is 0 Å². The Kier molecular flexibility index (Phi) is 4.80. The van der Waals surface area contributed by atoms with Gasteiger partial charge >= 0.3 is 5.97 Å². The van der Waals surface area contributed by atoms with Gasteiger partial charge in [0.05, 0.1) is 12.5 Å². The number of benzene rings is 1. The number of phenols is 1. The van der Waals surface area contributed by atoms with Crippen LogP contribution in [0.1, 0.15) is 24.8 Å². The summed E-state index contributed by atoms with van der Waals surface area (Å²) in [6, 6.07) is 5.61. The molecule has 6 nitrogen and oxygen atoms in total. The fourth-order valence-corrected chi connectivity index (χ4v) is 2.73. The number of carbonyl (C=O) groups excluding carboxylic acids is 1. The Balaban J connectivity index is 1.98. The van der Waals surface area contributed by atoms with Crippen LogP contribution in [0.25, 0.3) is 0 Å². The Labute approximate surface area is 123 Å². The van der Waals surface area contributed by atoms with Crippen molar-refractivity contribution in [2.75, 3.05) is 6.54 Å². The minimum Gasteiger partial charge on any atom is -0.508 e. The van der Waals surface area contributed by atoms with Gasteiger partial charge in [0.25, 0.3) is 0 Å². The fraction of sp³-hybridized carbons (Fsp3) is 0.467. The highest BCUT2D eigenvalue weighted by Crippen LogP contribution is 2.21. The largest absolute Gasteiger partial charge is 0.508 e. The molecule has 0 radical (unpaired) electrons. The Morgan fingerprint density at radius 3 is 2.62 bits per heavy atom. The van der Waals surface area contributed by atoms with E-state index in [9.17, 15) is 14.7 Å². The van der Waals surface area contributed by atoms with Crippen molar-refractivity contribution in [1.29, 1.82) is 0 Å². The molecule has 0 saturated carbocycles. The summed E-state index contributed by atoms with van der Waals surface area (Å²) in [4.78, 5) is 24.8. The van der Waals surface area contributed by atoms with E-state index in [4.69, 9.17) is 10.8 Å². The molecule has 1 aliphatic heterocycles. The normalized spacial score (nSPS) is 19.5. The summed E-state index contributed by atoms with van der Waals surface area (Å²) >= 11 is 0. The number of hydrogen-bond donors (Lipinski definition) is 3. The molecular formula is C15H20N2O4. The van der Waals surface area contributed by atoms with Gasteiger partial charge in [0.1, 0.15) is 5.75 Å². The van der Waals surface area contributed by atoms with Crippen molar-refractivity contribution in [2.24, 2.45) is 5.73 Å². The maximum atomic E-state index is 12.4. The number of nitrogens with zero attached hydrogens (tertiary/aromatic N) is 1. The SMILES string of the molecule is N[C@H](Cc1ccc(O)cc1)C(=O)N1CCCC1CC(=O)O. The maximum Gasteiger partial charge on any atom is 0.305 e. The summed E-state index contributed by atoms with van der Waals surface area (Å²) in [6.45, 7) is 0.570. The highest BCUT2D eigenvalue weighted by Gasteiger charge is 2.32. The van der Waals surface area contributed by atoms with Gasteiger partial charge in [-0.05, 0) is 37.0 Å². The summed E-state index contributed by atoms with van der Waals surface area (Å²) in [5.41, 5.74) is 6.82. The monoisotopic (exact) mass is 292 g/mol. The van der Waals surface area contributed by atoms with Crippen molar-refractivity contribution in [2.45, 2.75) is 37.8 Å². The molecule has 114 valence electrons. The number of carbonyl (C=O) groups is 2. The number of phenolic OH excluding ortho intramolecular Hbond substituents is 1. The molecule has 0 aromatic heterocycles. The maximum absolute atomic E-state index is 12.4. The second kappa shape index (κ2) is 6.58. The van der Waals surface area contributed by atoms with Gasteiger partial charge in [-0.1, -0.05) is 12.1 Å². The molecule has 1 saturated heterocycles. The summed E-state index contributed by atoms with van der Waals surface area (Å²) in [5.74, 6) is -0.932. The number of nitrogens with two attached hydrogens (primary N) is 1. The molecule has 4 N–H and O–H groups in total. The van der Waals surface area contributed by atoms with E-state index in [0.29, 0.717) is 19.4 Å². The number of carboxylic acid groups (broad SMARTS) is 1. The molecule has 1 fully saturated rings. The van der Waals surface area contributed by atoms with E-state index >= 15 is 0 Å². The zero-order valence-electron chi connectivity index (χ0n) is 11.7. The van der Waals surface area contributed by atoms with Crippen molar-refractivity contribution in [3.63, 3.8) is 0 Å². The first-order valence-corrected chi connectivity index (χ1v) is 7.03. The molecule has 1 unspecified atom stereocenters. The third-order valence-electron chi connectivity index (χ3n) is 3.78. The Hall–Kier alpha value is -2.08. The third-order valence-corrected chi connectivity index (χ3v) is 3.78. The standard InChI is InChI=1S/C15H20N2O4/c16-13(8-10-3-5-12(18)6-4-10)15(21)17-7-1-2-11(17)9-14(19)20/h3-6,11,13,18H,1-2,7-9,16H2,(H,19,20)/t11?,13-/m1/s1. The molecule has 2 atom stereocenters. The Morgan fingerprint density at radius 1 is 1.33 bits per heavy atom. The lowest BCUT2D eigenvalue weighted by molar-refractivity contribution is -0.140. The zero-order chi connectivity index (χ0) is 15.4. The van der Waals surface area contributed by atoms with Crippen LogP contribution in [0, 0.1) is 0 Å². The van der Waals surface area contributed by atoms with Gasteiger partial charge in [0.2, 0.25) is 5.91 Å². The molecule has 0 aliphatic carbocycles. The highest BCUT2D eigenvalue weighted by atomic mass is 16.4. The number of carboxylic acids is 1. The van der Waals surface area contributed by atoms with Crippen molar-refractivity contribution < 1.29 is 19.8 Å². The van der Waals surface area contributed by atoms with E-state index in [1.54, 1.807) is 29.2 Å². The van der Waals surface area contributed by atoms with E-state index in [-0.39, 0.29) is 24.1 Å². The molecule has 1 aromatic rings. The van der Waals surface area contributed by atoms with E-state index in [1.807, 2.05) is 0 Å². The molecule has 21 heavy (non-hydrogen) atoms. The fourth-order valence-electron chi connectivity index (χ4n) is 2.73. The third kappa shape index (κ3) is 3.95. The lowest BCUT2D eigenvalue weighted by Gasteiger charge is -2.26. The van der Waals surface area contributed by atoms with Gasteiger partial charge < -0.3 is 20.8 Å². The van der Waals surface area contributed by atoms with Crippen molar-refractivity contribution in [3.05, 3.63) is 29.8 Å². The van der Waals surface area contributed by atoms with Gasteiger partial charge in [0, 0.05) is 12.6 Å². The van der Waals surface area contributed by atoms with Crippen LogP contribution < -0.4 is 5.73 Å². The van der Waals surface area contributed by atoms with Gasteiger partial charge in [-0.2, -0.15) is 0 Å². The van der Waals surface area contributed by atoms with Crippen LogP contribution in [-0.4, -0.2) is 45.6 Å². The molecule has 1 aromatic carbocycles. The quantitative estimate of drug-likeness (QED) is 0.742. The molecule has 1 amide bonds. The summed E-state index contributed by atoms with van der Waals surface area (Å²) in [5, 5.41) is 18.1. The predicted octanol–water partition coefficient (Wildman–Crippen LogP) is 0.728. The highest BCUT2D eigenvalue weighted by molar-refractivity contribution is 5.83. The van der Waals surface area contributed by atoms with Crippen LogP contribution in [0.5, 0.6) is 5.75 Å². The van der Waals surface area contributed by atoms with Crippen molar-refractivity contribution >= 4 is 11.9 Å². The molecule has 0 spiro atoms. The average molecular weight is 292 g/mol. The van der Waals surface area contributed by atoms with E-state index < -0.39 is 12.0 Å². The molecule has 1 heterocycles. The van der Waals surface area contributed by atoms with Gasteiger partial charge in [0.15, 0.2) is 0 Å². The van der Waals surface area contributed by atoms with Crippen LogP contribution in [0.3, 0.4) is 0 Å². The first-order chi connectivity index (χ1) is 9.97. The lowest BCUT2D eigenvalue weighted by Crippen LogP contribution is -2.47. The topological polar surface area (TPSA) is 104 Å². The first kappa shape index (κ1) is 15.3. The van der Waals surface area contributed by atoms with Crippen LogP contribution in [-0.2, 0) is 16.0 Å². The number of rotatable bonds is 5. The lowest BCUT2D eigenvalue weighted by atomic mass is 10.0. The van der Waals surface area contributed by atoms with Crippen molar-refractivity contribution in [3.8, 4) is 5.75 Å². The second-order valence-electron chi connectivity index (χ2n) is 5.40. The number of aliphatic carboxylic acids is 1. The Morgan fingerprint density at radius 2 is 2.00 bits per heavy atom. The van der Waals surface area contributed by atoms with E-state index in [0.717, 1.165) is 12.0 Å². The minimum absolute atomic E-state index is 0.0301. The summed E-state index contributed by atoms with van der Waals surface area (Å²) < 4.78 is 0. The van der Waals surface area contributed by atoms with E-state index in [1.165, 1.54) is 0 Å². The number of amides is 1. The zero-order valence-corrected chi connectivity index (χ0v) is 11.7. The van der Waals surface area contributed by atoms with Crippen LogP contribution >= 0.6 is 0 Å². The molecule has 2 rings (SSSR count). The minimum atomic E-state index is -0.896. The predicted molar refractivity (Wildman–Crippen MR) is 76.8 cm³/mol. The molecule has 0 bridgehead atoms. The second-order valence-corrected chi connectivity index (χ2v) is 5.40. The van der Waals surface area contributed by atoms with Gasteiger partial charge in [-0.25, -0.2) is 0 Å². The van der Waals surface area contributed by atoms with Gasteiger partial charge in [-0.3, -0.25) is 9.59 Å². The smallest absolute Gasteiger partial charge is 0.305 e. The number of hydrogen-bond acceptors (Lipinski definition) is 4.